The van der Waals surface area contributed by atoms with E-state index in [2.05, 4.69) is 0 Å². The van der Waals surface area contributed by atoms with Gasteiger partial charge in [0, 0.05) is 42.3 Å². The van der Waals surface area contributed by atoms with Gasteiger partial charge in [0.15, 0.2) is 0 Å². The lowest BCUT2D eigenvalue weighted by Crippen LogP contribution is -2.29. The van der Waals surface area contributed by atoms with Crippen molar-refractivity contribution in [1.82, 2.24) is 9.47 Å². The second-order valence-electron chi connectivity index (χ2n) is 6.08. The number of alkyl halides is 1. The first-order chi connectivity index (χ1) is 12.0. The largest absolute Gasteiger partial charge is 0.340 e. The monoisotopic (exact) mass is 374 g/mol. The van der Waals surface area contributed by atoms with E-state index in [1.54, 1.807) is 4.90 Å². The van der Waals surface area contributed by atoms with Crippen LogP contribution in [0.3, 0.4) is 0 Å². The van der Waals surface area contributed by atoms with Crippen molar-refractivity contribution in [3.63, 3.8) is 0 Å². The normalized spacial score (nSPS) is 11.0. The van der Waals surface area contributed by atoms with Gasteiger partial charge in [0.05, 0.1) is 5.69 Å². The molecule has 0 bridgehead atoms. The van der Waals surface area contributed by atoms with E-state index in [-0.39, 0.29) is 5.91 Å². The fourth-order valence-electron chi connectivity index (χ4n) is 3.18. The first kappa shape index (κ1) is 17.8. The maximum absolute atomic E-state index is 13.0. The van der Waals surface area contributed by atoms with E-state index in [9.17, 15) is 4.79 Å². The predicted octanol–water partition coefficient (Wildman–Crippen LogP) is 5.20. The molecule has 0 saturated heterocycles. The summed E-state index contributed by atoms with van der Waals surface area (Å²) in [6, 6.07) is 15.7. The van der Waals surface area contributed by atoms with Crippen LogP contribution in [-0.2, 0) is 7.05 Å². The highest BCUT2D eigenvalue weighted by atomic mass is 35.5. The first-order valence-electron chi connectivity index (χ1n) is 8.19. The van der Waals surface area contributed by atoms with Gasteiger partial charge in [-0.25, -0.2) is 0 Å². The van der Waals surface area contributed by atoms with Gasteiger partial charge in [-0.05, 0) is 24.1 Å². The van der Waals surface area contributed by atoms with Crippen LogP contribution < -0.4 is 0 Å². The number of halogens is 2. The summed E-state index contributed by atoms with van der Waals surface area (Å²) < 4.78 is 1.97. The van der Waals surface area contributed by atoms with Gasteiger partial charge >= 0.3 is 0 Å². The molecule has 0 atom stereocenters. The number of fused-ring (bicyclic) bond motifs is 1. The molecule has 1 aromatic heterocycles. The fraction of sp³-hybridized carbons (Fsp3) is 0.250. The van der Waals surface area contributed by atoms with Gasteiger partial charge in [0.1, 0.15) is 5.69 Å². The zero-order chi connectivity index (χ0) is 18.0. The molecular weight excluding hydrogens is 355 g/mol. The van der Waals surface area contributed by atoms with Gasteiger partial charge in [0.25, 0.3) is 5.91 Å². The lowest BCUT2D eigenvalue weighted by atomic mass is 10.1. The quantitative estimate of drug-likeness (QED) is 0.563. The maximum Gasteiger partial charge on any atom is 0.270 e. The Balaban J connectivity index is 2.20. The number of carbonyl (C=O) groups is 1. The number of hydrogen-bond donors (Lipinski definition) is 0. The molecule has 1 heterocycles. The molecule has 1 amide bonds. The molecule has 3 aromatic rings. The lowest BCUT2D eigenvalue weighted by Gasteiger charge is -2.17. The zero-order valence-electron chi connectivity index (χ0n) is 14.3. The van der Waals surface area contributed by atoms with Gasteiger partial charge in [-0.2, -0.15) is 0 Å². The molecule has 0 aliphatic heterocycles. The minimum Gasteiger partial charge on any atom is -0.340 e. The highest BCUT2D eigenvalue weighted by Crippen LogP contribution is 2.35. The molecule has 5 heteroatoms. The Morgan fingerprint density at radius 3 is 2.52 bits per heavy atom. The summed E-state index contributed by atoms with van der Waals surface area (Å²) in [4.78, 5) is 14.8. The van der Waals surface area contributed by atoms with Crippen LogP contribution in [0.5, 0.6) is 0 Å². The average Bonchev–Trinajstić information content (AvgIpc) is 2.90. The number of carbonyl (C=O) groups excluding carboxylic acids is 1. The molecule has 0 unspecified atom stereocenters. The number of nitrogens with zero attached hydrogens (tertiary/aromatic N) is 2. The van der Waals surface area contributed by atoms with Crippen molar-refractivity contribution in [3.05, 3.63) is 59.2 Å². The average molecular weight is 375 g/mol. The molecule has 130 valence electrons. The van der Waals surface area contributed by atoms with Crippen LogP contribution in [0, 0.1) is 0 Å². The van der Waals surface area contributed by atoms with E-state index in [0.717, 1.165) is 28.5 Å². The highest BCUT2D eigenvalue weighted by molar-refractivity contribution is 6.31. The minimum absolute atomic E-state index is 0.0119. The molecule has 0 fully saturated rings. The maximum atomic E-state index is 13.0. The zero-order valence-corrected chi connectivity index (χ0v) is 15.8. The summed E-state index contributed by atoms with van der Waals surface area (Å²) in [5, 5.41) is 2.55. The van der Waals surface area contributed by atoms with E-state index in [4.69, 9.17) is 23.2 Å². The smallest absolute Gasteiger partial charge is 0.270 e. The van der Waals surface area contributed by atoms with E-state index < -0.39 is 0 Å². The Morgan fingerprint density at radius 2 is 1.84 bits per heavy atom. The van der Waals surface area contributed by atoms with E-state index in [1.807, 2.05) is 67.2 Å². The summed E-state index contributed by atoms with van der Waals surface area (Å²) in [5.74, 6) is 0.526. The van der Waals surface area contributed by atoms with E-state index >= 15 is 0 Å². The van der Waals surface area contributed by atoms with Crippen LogP contribution in [-0.4, -0.2) is 34.8 Å². The van der Waals surface area contributed by atoms with Crippen LogP contribution in [0.1, 0.15) is 16.9 Å². The van der Waals surface area contributed by atoms with Crippen LogP contribution in [0.15, 0.2) is 48.5 Å². The van der Waals surface area contributed by atoms with E-state index in [1.165, 1.54) is 0 Å². The lowest BCUT2D eigenvalue weighted by molar-refractivity contribution is 0.0788. The molecule has 3 nitrogen and oxygen atoms in total. The minimum atomic E-state index is -0.0119. The Kier molecular flexibility index (Phi) is 5.36. The summed E-state index contributed by atoms with van der Waals surface area (Å²) in [6.07, 6.45) is 0.767. The van der Waals surface area contributed by atoms with Gasteiger partial charge < -0.3 is 9.47 Å². The van der Waals surface area contributed by atoms with E-state index in [0.29, 0.717) is 23.1 Å². The fourth-order valence-corrected chi connectivity index (χ4v) is 3.47. The first-order valence-corrected chi connectivity index (χ1v) is 9.10. The summed E-state index contributed by atoms with van der Waals surface area (Å²) in [5.41, 5.74) is 2.72. The van der Waals surface area contributed by atoms with Gasteiger partial charge in [0.2, 0.25) is 0 Å². The Hall–Kier alpha value is -1.97. The molecule has 25 heavy (non-hydrogen) atoms. The van der Waals surface area contributed by atoms with Crippen molar-refractivity contribution in [1.29, 1.82) is 0 Å². The van der Waals surface area contributed by atoms with Crippen LogP contribution >= 0.6 is 23.2 Å². The third-order valence-electron chi connectivity index (χ3n) is 4.39. The Labute approximate surface area is 157 Å². The van der Waals surface area contributed by atoms with Crippen molar-refractivity contribution >= 4 is 39.9 Å². The molecule has 0 N–H and O–H groups in total. The van der Waals surface area contributed by atoms with Gasteiger partial charge in [-0.1, -0.05) is 48.0 Å². The van der Waals surface area contributed by atoms with Crippen LogP contribution in [0.4, 0.5) is 0 Å². The van der Waals surface area contributed by atoms with Crippen molar-refractivity contribution < 1.29 is 4.79 Å². The SMILES string of the molecule is CN(CCCCl)C(=O)c1c2ccc(Cl)cc2c(-c2ccccc2)n1C. The predicted molar refractivity (Wildman–Crippen MR) is 106 cm³/mol. The molecule has 0 aliphatic rings. The highest BCUT2D eigenvalue weighted by Gasteiger charge is 2.23. The van der Waals surface area contributed by atoms with Crippen molar-refractivity contribution in [3.8, 4) is 11.3 Å². The molecule has 0 radical (unpaired) electrons. The van der Waals surface area contributed by atoms with Crippen molar-refractivity contribution in [2.24, 2.45) is 7.05 Å². The third kappa shape index (κ3) is 3.39. The second-order valence-corrected chi connectivity index (χ2v) is 6.90. The van der Waals surface area contributed by atoms with Crippen molar-refractivity contribution in [2.45, 2.75) is 6.42 Å². The topological polar surface area (TPSA) is 25.2 Å². The molecule has 0 spiro atoms. The van der Waals surface area contributed by atoms with Gasteiger partial charge in [-0.15, -0.1) is 11.6 Å². The summed E-state index contributed by atoms with van der Waals surface area (Å²) in [7, 11) is 3.74. The molecular formula is C20H20Cl2N2O. The second kappa shape index (κ2) is 7.51. The number of amides is 1. The standard InChI is InChI=1S/C20H20Cl2N2O/c1-23(12-6-11-21)20(25)19-16-10-9-15(22)13-17(16)18(24(19)2)14-7-4-3-5-8-14/h3-5,7-10,13H,6,11-12H2,1-2H3. The molecule has 2 aromatic carbocycles. The molecule has 3 rings (SSSR count). The van der Waals surface area contributed by atoms with Crippen LogP contribution in [0.2, 0.25) is 5.02 Å². The van der Waals surface area contributed by atoms with Crippen molar-refractivity contribution in [2.75, 3.05) is 19.5 Å². The van der Waals surface area contributed by atoms with Crippen LogP contribution in [0.25, 0.3) is 22.0 Å². The Bertz CT molecular complexity index is 903. The molecule has 0 aliphatic carbocycles. The Morgan fingerprint density at radius 1 is 1.12 bits per heavy atom. The third-order valence-corrected chi connectivity index (χ3v) is 4.89. The van der Waals surface area contributed by atoms with Gasteiger partial charge in [-0.3, -0.25) is 4.79 Å². The molecule has 0 saturated carbocycles. The number of aromatic nitrogens is 1. The summed E-state index contributed by atoms with van der Waals surface area (Å²) in [6.45, 7) is 0.628. The number of hydrogen-bond acceptors (Lipinski definition) is 1. The number of benzene rings is 2. The summed E-state index contributed by atoms with van der Waals surface area (Å²) >= 11 is 12.0. The number of rotatable bonds is 5.